The third-order valence-corrected chi connectivity index (χ3v) is 2.65. The lowest BCUT2D eigenvalue weighted by atomic mass is 10.0. The molecule has 3 rings (SSSR count). The fraction of sp³-hybridized carbons (Fsp3) is 0. The second-order valence-electron chi connectivity index (χ2n) is 3.85. The molecule has 0 aliphatic carbocycles. The van der Waals surface area contributed by atoms with Crippen LogP contribution in [0.5, 0.6) is 0 Å². The molecule has 3 aromatic rings. The van der Waals surface area contributed by atoms with E-state index in [1.807, 2.05) is 0 Å². The maximum Gasteiger partial charge on any atom is 0.631 e. The number of rotatable bonds is 0. The van der Waals surface area contributed by atoms with Crippen LogP contribution < -0.4 is 0 Å². The lowest BCUT2D eigenvalue weighted by molar-refractivity contribution is 0.278. The Morgan fingerprint density at radius 3 is 1.28 bits per heavy atom. The molecule has 0 spiro atoms. The summed E-state index contributed by atoms with van der Waals surface area (Å²) in [7, 11) is -2.17. The lowest BCUT2D eigenvalue weighted by Crippen LogP contribution is -2.07. The predicted molar refractivity (Wildman–Crippen MR) is 73.9 cm³/mol. The standard InChI is InChI=1S/C14H10.BH3O3/c1-3-7-13-11(5-1)9-10-12-6-2-4-8-14(12)13;2-1(3)4/h1-10H;2-4H. The molecule has 0 saturated heterocycles. The van der Waals surface area contributed by atoms with E-state index < -0.39 is 7.32 Å². The first-order chi connectivity index (χ1) is 8.68. The zero-order valence-corrected chi connectivity index (χ0v) is 9.69. The molecule has 0 aliphatic heterocycles. The smallest absolute Gasteiger partial charge is 0.402 e. The van der Waals surface area contributed by atoms with Gasteiger partial charge in [0.05, 0.1) is 0 Å². The van der Waals surface area contributed by atoms with E-state index in [0.29, 0.717) is 0 Å². The number of benzene rings is 3. The van der Waals surface area contributed by atoms with Crippen molar-refractivity contribution in [2.45, 2.75) is 0 Å². The van der Waals surface area contributed by atoms with Gasteiger partial charge in [-0.25, -0.2) is 0 Å². The van der Waals surface area contributed by atoms with Crippen LogP contribution in [-0.4, -0.2) is 22.4 Å². The molecule has 0 unspecified atom stereocenters. The van der Waals surface area contributed by atoms with Gasteiger partial charge in [0.25, 0.3) is 0 Å². The highest BCUT2D eigenvalue weighted by Crippen LogP contribution is 2.24. The van der Waals surface area contributed by atoms with E-state index in [-0.39, 0.29) is 0 Å². The molecular formula is C14H13BO3. The van der Waals surface area contributed by atoms with Crippen molar-refractivity contribution in [3.63, 3.8) is 0 Å². The zero-order chi connectivity index (χ0) is 13.0. The summed E-state index contributed by atoms with van der Waals surface area (Å²) in [6.07, 6.45) is 0. The summed E-state index contributed by atoms with van der Waals surface area (Å²) in [5.41, 5.74) is 0. The summed E-state index contributed by atoms with van der Waals surface area (Å²) in [6.45, 7) is 0. The molecule has 90 valence electrons. The van der Waals surface area contributed by atoms with Gasteiger partial charge < -0.3 is 15.1 Å². The van der Waals surface area contributed by atoms with Crippen molar-refractivity contribution in [3.8, 4) is 0 Å². The molecule has 3 N–H and O–H groups in total. The molecule has 4 heteroatoms. The Bertz CT molecular complexity index is 595. The molecule has 0 fully saturated rings. The van der Waals surface area contributed by atoms with Crippen LogP contribution in [-0.2, 0) is 0 Å². The van der Waals surface area contributed by atoms with Gasteiger partial charge in [0.1, 0.15) is 0 Å². The normalized spacial score (nSPS) is 9.94. The topological polar surface area (TPSA) is 60.7 Å². The van der Waals surface area contributed by atoms with Crippen molar-refractivity contribution in [2.24, 2.45) is 0 Å². The van der Waals surface area contributed by atoms with Crippen LogP contribution in [0.1, 0.15) is 0 Å². The van der Waals surface area contributed by atoms with E-state index in [2.05, 4.69) is 60.7 Å². The number of hydrogen-bond acceptors (Lipinski definition) is 3. The predicted octanol–water partition coefficient (Wildman–Crippen LogP) is 1.94. The van der Waals surface area contributed by atoms with E-state index >= 15 is 0 Å². The van der Waals surface area contributed by atoms with Crippen molar-refractivity contribution >= 4 is 28.9 Å². The Hall–Kier alpha value is -1.88. The van der Waals surface area contributed by atoms with E-state index in [9.17, 15) is 0 Å². The highest BCUT2D eigenvalue weighted by atomic mass is 16.5. The van der Waals surface area contributed by atoms with Gasteiger partial charge in [-0.15, -0.1) is 0 Å². The summed E-state index contributed by atoms with van der Waals surface area (Å²) in [5, 5.41) is 26.8. The van der Waals surface area contributed by atoms with Gasteiger partial charge in [-0.3, -0.25) is 0 Å². The molecule has 0 radical (unpaired) electrons. The van der Waals surface area contributed by atoms with Crippen LogP contribution in [0.15, 0.2) is 60.7 Å². The molecule has 0 aliphatic rings. The highest BCUT2D eigenvalue weighted by Gasteiger charge is 1.97. The van der Waals surface area contributed by atoms with Crippen molar-refractivity contribution in [2.75, 3.05) is 0 Å². The van der Waals surface area contributed by atoms with Gasteiger partial charge in [0.15, 0.2) is 0 Å². The average molecular weight is 240 g/mol. The summed E-state index contributed by atoms with van der Waals surface area (Å²) in [5.74, 6) is 0. The molecule has 0 heterocycles. The van der Waals surface area contributed by atoms with Gasteiger partial charge in [0, 0.05) is 0 Å². The Labute approximate surface area is 105 Å². The summed E-state index contributed by atoms with van der Waals surface area (Å²) < 4.78 is 0. The molecule has 0 saturated carbocycles. The van der Waals surface area contributed by atoms with Crippen LogP contribution in [0.25, 0.3) is 21.5 Å². The van der Waals surface area contributed by atoms with Crippen LogP contribution in [0, 0.1) is 0 Å². The first kappa shape index (κ1) is 12.6. The SMILES string of the molecule is OB(O)O.c1ccc2c(c1)ccc1ccccc12. The largest absolute Gasteiger partial charge is 0.631 e. The zero-order valence-electron chi connectivity index (χ0n) is 9.69. The third kappa shape index (κ3) is 2.87. The molecule has 0 amide bonds. The minimum absolute atomic E-state index is 1.31. The maximum absolute atomic E-state index is 7.17. The van der Waals surface area contributed by atoms with Crippen molar-refractivity contribution in [3.05, 3.63) is 60.7 Å². The van der Waals surface area contributed by atoms with E-state index in [1.165, 1.54) is 21.5 Å². The van der Waals surface area contributed by atoms with Gasteiger partial charge in [-0.05, 0) is 21.5 Å². The molecular weight excluding hydrogens is 227 g/mol. The van der Waals surface area contributed by atoms with Crippen molar-refractivity contribution in [1.82, 2.24) is 0 Å². The fourth-order valence-electron chi connectivity index (χ4n) is 1.95. The summed E-state index contributed by atoms with van der Waals surface area (Å²) >= 11 is 0. The summed E-state index contributed by atoms with van der Waals surface area (Å²) in [4.78, 5) is 0. The van der Waals surface area contributed by atoms with E-state index in [0.717, 1.165) is 0 Å². The van der Waals surface area contributed by atoms with Crippen LogP contribution in [0.2, 0.25) is 0 Å². The molecule has 3 nitrogen and oxygen atoms in total. The minimum atomic E-state index is -2.17. The first-order valence-corrected chi connectivity index (χ1v) is 5.59. The van der Waals surface area contributed by atoms with Gasteiger partial charge >= 0.3 is 7.32 Å². The Morgan fingerprint density at radius 2 is 0.889 bits per heavy atom. The Balaban J connectivity index is 0.000000267. The number of fused-ring (bicyclic) bond motifs is 3. The lowest BCUT2D eigenvalue weighted by Gasteiger charge is -2.02. The van der Waals surface area contributed by atoms with Gasteiger partial charge in [0.2, 0.25) is 0 Å². The molecule has 0 aromatic heterocycles. The third-order valence-electron chi connectivity index (χ3n) is 2.65. The van der Waals surface area contributed by atoms with Gasteiger partial charge in [-0.1, -0.05) is 60.7 Å². The first-order valence-electron chi connectivity index (χ1n) is 5.59. The van der Waals surface area contributed by atoms with Crippen molar-refractivity contribution in [1.29, 1.82) is 0 Å². The van der Waals surface area contributed by atoms with Crippen LogP contribution in [0.3, 0.4) is 0 Å². The number of hydrogen-bond donors (Lipinski definition) is 3. The molecule has 18 heavy (non-hydrogen) atoms. The Morgan fingerprint density at radius 1 is 0.556 bits per heavy atom. The summed E-state index contributed by atoms with van der Waals surface area (Å²) in [6, 6.07) is 21.4. The monoisotopic (exact) mass is 240 g/mol. The Kier molecular flexibility index (Phi) is 3.94. The van der Waals surface area contributed by atoms with Crippen molar-refractivity contribution < 1.29 is 15.1 Å². The van der Waals surface area contributed by atoms with E-state index in [1.54, 1.807) is 0 Å². The van der Waals surface area contributed by atoms with Gasteiger partial charge in [-0.2, -0.15) is 0 Å². The molecule has 0 atom stereocenters. The maximum atomic E-state index is 7.17. The second-order valence-corrected chi connectivity index (χ2v) is 3.85. The van der Waals surface area contributed by atoms with Crippen LogP contribution in [0.4, 0.5) is 0 Å². The fourth-order valence-corrected chi connectivity index (χ4v) is 1.95. The van der Waals surface area contributed by atoms with Crippen LogP contribution >= 0.6 is 0 Å². The molecule has 3 aromatic carbocycles. The highest BCUT2D eigenvalue weighted by molar-refractivity contribution is 6.30. The van der Waals surface area contributed by atoms with E-state index in [4.69, 9.17) is 15.1 Å². The average Bonchev–Trinajstić information content (AvgIpc) is 2.38. The molecule has 0 bridgehead atoms. The quantitative estimate of drug-likeness (QED) is 0.415. The minimum Gasteiger partial charge on any atom is -0.402 e. The second kappa shape index (κ2) is 5.64.